The number of hydrogen-bond donors (Lipinski definition) is 1. The van der Waals surface area contributed by atoms with Crippen molar-refractivity contribution in [1.29, 1.82) is 0 Å². The SMILES string of the molecule is Cc1cccc(C=Cc2csc(N)n2)n1. The van der Waals surface area contributed by atoms with Gasteiger partial charge >= 0.3 is 0 Å². The first-order valence-electron chi connectivity index (χ1n) is 4.57. The number of hydrogen-bond acceptors (Lipinski definition) is 4. The van der Waals surface area contributed by atoms with Crippen LogP contribution in [0.25, 0.3) is 12.2 Å². The zero-order chi connectivity index (χ0) is 10.7. The molecule has 0 aliphatic carbocycles. The highest BCUT2D eigenvalue weighted by Crippen LogP contribution is 2.13. The van der Waals surface area contributed by atoms with Gasteiger partial charge in [-0.1, -0.05) is 6.07 Å². The van der Waals surface area contributed by atoms with E-state index in [2.05, 4.69) is 9.97 Å². The van der Waals surface area contributed by atoms with Gasteiger partial charge in [0.15, 0.2) is 5.13 Å². The molecule has 0 spiro atoms. The number of rotatable bonds is 2. The van der Waals surface area contributed by atoms with Gasteiger partial charge in [0.2, 0.25) is 0 Å². The first kappa shape index (κ1) is 9.86. The summed E-state index contributed by atoms with van der Waals surface area (Å²) in [6.07, 6.45) is 3.84. The minimum Gasteiger partial charge on any atom is -0.375 e. The molecule has 4 heteroatoms. The maximum absolute atomic E-state index is 5.53. The van der Waals surface area contributed by atoms with Crippen molar-refractivity contribution in [3.8, 4) is 0 Å². The molecule has 0 amide bonds. The van der Waals surface area contributed by atoms with Gasteiger partial charge in [-0.25, -0.2) is 4.98 Å². The van der Waals surface area contributed by atoms with Crippen LogP contribution in [0.3, 0.4) is 0 Å². The molecule has 2 aromatic heterocycles. The molecule has 76 valence electrons. The van der Waals surface area contributed by atoms with E-state index in [4.69, 9.17) is 5.73 Å². The monoisotopic (exact) mass is 217 g/mol. The zero-order valence-electron chi connectivity index (χ0n) is 8.34. The summed E-state index contributed by atoms with van der Waals surface area (Å²) >= 11 is 1.44. The number of pyridine rings is 1. The second-order valence-electron chi connectivity index (χ2n) is 3.15. The zero-order valence-corrected chi connectivity index (χ0v) is 9.16. The van der Waals surface area contributed by atoms with E-state index in [1.807, 2.05) is 42.7 Å². The van der Waals surface area contributed by atoms with Gasteiger partial charge in [-0.3, -0.25) is 4.98 Å². The molecule has 0 atom stereocenters. The fourth-order valence-corrected chi connectivity index (χ4v) is 1.74. The van der Waals surface area contributed by atoms with Crippen molar-refractivity contribution < 1.29 is 0 Å². The van der Waals surface area contributed by atoms with Gasteiger partial charge in [0.05, 0.1) is 11.4 Å². The number of aromatic nitrogens is 2. The highest BCUT2D eigenvalue weighted by atomic mass is 32.1. The first-order chi connectivity index (χ1) is 7.24. The summed E-state index contributed by atoms with van der Waals surface area (Å²) in [5.41, 5.74) is 8.35. The van der Waals surface area contributed by atoms with E-state index in [9.17, 15) is 0 Å². The second-order valence-corrected chi connectivity index (χ2v) is 4.04. The molecule has 2 heterocycles. The van der Waals surface area contributed by atoms with Gasteiger partial charge in [0.1, 0.15) is 0 Å². The van der Waals surface area contributed by atoms with Crippen molar-refractivity contribution in [2.75, 3.05) is 5.73 Å². The highest BCUT2D eigenvalue weighted by Gasteiger charge is 1.94. The Morgan fingerprint density at radius 2 is 2.00 bits per heavy atom. The molecule has 0 fully saturated rings. The van der Waals surface area contributed by atoms with E-state index in [1.165, 1.54) is 11.3 Å². The van der Waals surface area contributed by atoms with E-state index in [0.29, 0.717) is 5.13 Å². The Balaban J connectivity index is 2.18. The predicted octanol–water partition coefficient (Wildman–Crippen LogP) is 2.60. The Bertz CT molecular complexity index is 488. The average Bonchev–Trinajstić information content (AvgIpc) is 2.62. The van der Waals surface area contributed by atoms with E-state index < -0.39 is 0 Å². The van der Waals surface area contributed by atoms with Crippen LogP contribution in [0.2, 0.25) is 0 Å². The van der Waals surface area contributed by atoms with Crippen LogP contribution in [0.15, 0.2) is 23.6 Å². The van der Waals surface area contributed by atoms with Crippen LogP contribution in [-0.2, 0) is 0 Å². The lowest BCUT2D eigenvalue weighted by Crippen LogP contribution is -1.84. The second kappa shape index (κ2) is 4.23. The van der Waals surface area contributed by atoms with Gasteiger partial charge in [0.25, 0.3) is 0 Å². The normalized spacial score (nSPS) is 11.0. The molecular formula is C11H11N3S. The lowest BCUT2D eigenvalue weighted by atomic mass is 10.3. The number of thiazole rings is 1. The van der Waals surface area contributed by atoms with Crippen LogP contribution in [0.4, 0.5) is 5.13 Å². The van der Waals surface area contributed by atoms with E-state index in [-0.39, 0.29) is 0 Å². The van der Waals surface area contributed by atoms with Crippen LogP contribution >= 0.6 is 11.3 Å². The Labute approximate surface area is 92.3 Å². The van der Waals surface area contributed by atoms with Crippen LogP contribution in [-0.4, -0.2) is 9.97 Å². The number of nitrogen functional groups attached to an aromatic ring is 1. The molecule has 2 N–H and O–H groups in total. The molecule has 0 saturated carbocycles. The van der Waals surface area contributed by atoms with Gasteiger partial charge in [0, 0.05) is 11.1 Å². The van der Waals surface area contributed by atoms with Crippen molar-refractivity contribution in [1.82, 2.24) is 9.97 Å². The van der Waals surface area contributed by atoms with Crippen LogP contribution in [0.5, 0.6) is 0 Å². The lowest BCUT2D eigenvalue weighted by molar-refractivity contribution is 1.18. The number of anilines is 1. The number of aryl methyl sites for hydroxylation is 1. The smallest absolute Gasteiger partial charge is 0.180 e. The molecule has 0 aliphatic rings. The summed E-state index contributed by atoms with van der Waals surface area (Å²) in [4.78, 5) is 8.48. The van der Waals surface area contributed by atoms with Crippen molar-refractivity contribution in [2.45, 2.75) is 6.92 Å². The molecule has 2 rings (SSSR count). The molecule has 0 aromatic carbocycles. The van der Waals surface area contributed by atoms with Gasteiger partial charge in [-0.05, 0) is 31.2 Å². The fraction of sp³-hybridized carbons (Fsp3) is 0.0909. The van der Waals surface area contributed by atoms with Crippen LogP contribution < -0.4 is 5.73 Å². The quantitative estimate of drug-likeness (QED) is 0.841. The molecule has 15 heavy (non-hydrogen) atoms. The first-order valence-corrected chi connectivity index (χ1v) is 5.45. The maximum atomic E-state index is 5.53. The van der Waals surface area contributed by atoms with Gasteiger partial charge in [-0.2, -0.15) is 0 Å². The maximum Gasteiger partial charge on any atom is 0.180 e. The Morgan fingerprint density at radius 3 is 2.67 bits per heavy atom. The molecule has 3 nitrogen and oxygen atoms in total. The minimum absolute atomic E-state index is 0.590. The molecule has 0 aliphatic heterocycles. The average molecular weight is 217 g/mol. The van der Waals surface area contributed by atoms with Crippen LogP contribution in [0, 0.1) is 6.92 Å². The minimum atomic E-state index is 0.590. The molecular weight excluding hydrogens is 206 g/mol. The largest absolute Gasteiger partial charge is 0.375 e. The van der Waals surface area contributed by atoms with Crippen molar-refractivity contribution >= 4 is 28.6 Å². The van der Waals surface area contributed by atoms with Crippen molar-refractivity contribution in [3.05, 3.63) is 40.7 Å². The van der Waals surface area contributed by atoms with E-state index in [1.54, 1.807) is 0 Å². The van der Waals surface area contributed by atoms with Crippen LogP contribution in [0.1, 0.15) is 17.1 Å². The van der Waals surface area contributed by atoms with Crippen molar-refractivity contribution in [2.24, 2.45) is 0 Å². The third-order valence-electron chi connectivity index (χ3n) is 1.87. The summed E-state index contributed by atoms with van der Waals surface area (Å²) in [5.74, 6) is 0. The van der Waals surface area contributed by atoms with Gasteiger partial charge < -0.3 is 5.73 Å². The number of nitrogens with zero attached hydrogens (tertiary/aromatic N) is 2. The summed E-state index contributed by atoms with van der Waals surface area (Å²) in [5, 5.41) is 2.51. The standard InChI is InChI=1S/C11H11N3S/c1-8-3-2-4-9(13-8)5-6-10-7-15-11(12)14-10/h2-7H,1H3,(H2,12,14). The summed E-state index contributed by atoms with van der Waals surface area (Å²) in [6.45, 7) is 1.97. The number of nitrogens with two attached hydrogens (primary N) is 1. The highest BCUT2D eigenvalue weighted by molar-refractivity contribution is 7.13. The fourth-order valence-electron chi connectivity index (χ4n) is 1.20. The predicted molar refractivity (Wildman–Crippen MR) is 64.4 cm³/mol. The van der Waals surface area contributed by atoms with Gasteiger partial charge in [-0.15, -0.1) is 11.3 Å². The lowest BCUT2D eigenvalue weighted by Gasteiger charge is -1.93. The van der Waals surface area contributed by atoms with E-state index in [0.717, 1.165) is 17.1 Å². The third kappa shape index (κ3) is 2.63. The Morgan fingerprint density at radius 1 is 1.20 bits per heavy atom. The topological polar surface area (TPSA) is 51.8 Å². The van der Waals surface area contributed by atoms with E-state index >= 15 is 0 Å². The molecule has 0 saturated heterocycles. The molecule has 2 aromatic rings. The summed E-state index contributed by atoms with van der Waals surface area (Å²) in [6, 6.07) is 5.91. The molecule has 0 unspecified atom stereocenters. The third-order valence-corrected chi connectivity index (χ3v) is 2.57. The summed E-state index contributed by atoms with van der Waals surface area (Å²) in [7, 11) is 0. The molecule has 0 radical (unpaired) electrons. The molecule has 0 bridgehead atoms. The Hall–Kier alpha value is -1.68. The Kier molecular flexibility index (Phi) is 2.78. The summed E-state index contributed by atoms with van der Waals surface area (Å²) < 4.78 is 0. The van der Waals surface area contributed by atoms with Crippen molar-refractivity contribution in [3.63, 3.8) is 0 Å².